The van der Waals surface area contributed by atoms with Crippen molar-refractivity contribution < 1.29 is 9.47 Å². The van der Waals surface area contributed by atoms with Crippen LogP contribution in [-0.4, -0.2) is 52.5 Å². The van der Waals surface area contributed by atoms with E-state index in [4.69, 9.17) is 9.47 Å². The molecule has 0 unspecified atom stereocenters. The largest absolute Gasteiger partial charge is 0.382 e. The SMILES string of the molecule is CC.CC.CCCN(C)C.CCCOCCOC. The maximum Gasteiger partial charge on any atom is 0.0700 e. The van der Waals surface area contributed by atoms with E-state index in [1.165, 1.54) is 13.0 Å². The molecule has 116 valence electrons. The van der Waals surface area contributed by atoms with Gasteiger partial charge in [0.1, 0.15) is 0 Å². The van der Waals surface area contributed by atoms with Crippen LogP contribution in [0.2, 0.25) is 0 Å². The van der Waals surface area contributed by atoms with E-state index < -0.39 is 0 Å². The second-order valence-electron chi connectivity index (χ2n) is 3.41. The van der Waals surface area contributed by atoms with Gasteiger partial charge >= 0.3 is 0 Å². The third-order valence-electron chi connectivity index (χ3n) is 1.45. The minimum atomic E-state index is 0.708. The first-order valence-electron chi connectivity index (χ1n) is 7.40. The van der Waals surface area contributed by atoms with Gasteiger partial charge in [0.05, 0.1) is 13.2 Å². The summed E-state index contributed by atoms with van der Waals surface area (Å²) in [7, 11) is 5.85. The lowest BCUT2D eigenvalue weighted by atomic mass is 10.5. The van der Waals surface area contributed by atoms with Gasteiger partial charge in [0.2, 0.25) is 0 Å². The van der Waals surface area contributed by atoms with Gasteiger partial charge in [0, 0.05) is 13.7 Å². The highest BCUT2D eigenvalue weighted by Gasteiger charge is 1.81. The van der Waals surface area contributed by atoms with Crippen molar-refractivity contribution in [2.75, 3.05) is 47.6 Å². The Labute approximate surface area is 117 Å². The van der Waals surface area contributed by atoms with Crippen molar-refractivity contribution in [1.29, 1.82) is 0 Å². The summed E-state index contributed by atoms with van der Waals surface area (Å²) in [6, 6.07) is 0. The fraction of sp³-hybridized carbons (Fsp3) is 1.00. The number of hydrogen-bond acceptors (Lipinski definition) is 3. The van der Waals surface area contributed by atoms with Crippen LogP contribution in [0.4, 0.5) is 0 Å². The summed E-state index contributed by atoms with van der Waals surface area (Å²) in [6.07, 6.45) is 2.34. The van der Waals surface area contributed by atoms with E-state index in [1.807, 2.05) is 27.7 Å². The third-order valence-corrected chi connectivity index (χ3v) is 1.45. The Morgan fingerprint density at radius 1 is 0.778 bits per heavy atom. The number of methoxy groups -OCH3 is 1. The Kier molecular flexibility index (Phi) is 52.8. The van der Waals surface area contributed by atoms with Crippen molar-refractivity contribution in [2.24, 2.45) is 0 Å². The maximum atomic E-state index is 5.10. The number of hydrogen-bond donors (Lipinski definition) is 0. The summed E-state index contributed by atoms with van der Waals surface area (Å²) < 4.78 is 9.86. The molecule has 0 aromatic heterocycles. The first-order valence-corrected chi connectivity index (χ1v) is 7.40. The zero-order chi connectivity index (χ0) is 15.2. The van der Waals surface area contributed by atoms with Gasteiger partial charge < -0.3 is 14.4 Å². The highest BCUT2D eigenvalue weighted by atomic mass is 16.5. The molecule has 0 aromatic rings. The molecule has 0 heterocycles. The Bertz CT molecular complexity index is 82.6. The van der Waals surface area contributed by atoms with Crippen LogP contribution in [0, 0.1) is 0 Å². The van der Waals surface area contributed by atoms with Crippen molar-refractivity contribution >= 4 is 0 Å². The molecule has 0 radical (unpaired) electrons. The summed E-state index contributed by atoms with van der Waals surface area (Å²) in [4.78, 5) is 2.18. The molecule has 18 heavy (non-hydrogen) atoms. The zero-order valence-electron chi connectivity index (χ0n) is 14.5. The summed E-state index contributed by atoms with van der Waals surface area (Å²) in [5.41, 5.74) is 0. The Morgan fingerprint density at radius 3 is 1.50 bits per heavy atom. The lowest BCUT2D eigenvalue weighted by Crippen LogP contribution is -2.11. The van der Waals surface area contributed by atoms with Crippen LogP contribution >= 0.6 is 0 Å². The molecule has 0 atom stereocenters. The fourth-order valence-electron chi connectivity index (χ4n) is 0.836. The summed E-state index contributed by atoms with van der Waals surface area (Å²) in [5.74, 6) is 0. The van der Waals surface area contributed by atoms with Gasteiger partial charge in [-0.2, -0.15) is 0 Å². The molecule has 0 spiro atoms. The molecule has 0 aliphatic carbocycles. The fourth-order valence-corrected chi connectivity index (χ4v) is 0.836. The van der Waals surface area contributed by atoms with E-state index in [0.29, 0.717) is 6.61 Å². The molecule has 0 bridgehead atoms. The molecule has 0 fully saturated rings. The van der Waals surface area contributed by atoms with Gasteiger partial charge in [-0.15, -0.1) is 0 Å². The number of rotatable bonds is 7. The first kappa shape index (κ1) is 26.4. The average molecular weight is 265 g/mol. The Morgan fingerprint density at radius 2 is 1.28 bits per heavy atom. The Balaban J connectivity index is -0.0000000869. The second kappa shape index (κ2) is 36.0. The van der Waals surface area contributed by atoms with Gasteiger partial charge in [-0.1, -0.05) is 41.5 Å². The monoisotopic (exact) mass is 265 g/mol. The smallest absolute Gasteiger partial charge is 0.0700 e. The van der Waals surface area contributed by atoms with Gasteiger partial charge in [-0.05, 0) is 33.5 Å². The van der Waals surface area contributed by atoms with Gasteiger partial charge in [0.25, 0.3) is 0 Å². The number of ether oxygens (including phenoxy) is 2. The van der Waals surface area contributed by atoms with Crippen molar-refractivity contribution in [2.45, 2.75) is 54.4 Å². The van der Waals surface area contributed by atoms with Crippen LogP contribution in [0.1, 0.15) is 54.4 Å². The number of nitrogens with zero attached hydrogens (tertiary/aromatic N) is 1. The van der Waals surface area contributed by atoms with Gasteiger partial charge in [0.15, 0.2) is 0 Å². The van der Waals surface area contributed by atoms with E-state index in [-0.39, 0.29) is 0 Å². The zero-order valence-corrected chi connectivity index (χ0v) is 14.5. The van der Waals surface area contributed by atoms with Crippen molar-refractivity contribution in [1.82, 2.24) is 4.90 Å². The Hall–Kier alpha value is -0.120. The molecule has 0 aromatic carbocycles. The quantitative estimate of drug-likeness (QED) is 0.648. The molecule has 3 nitrogen and oxygen atoms in total. The van der Waals surface area contributed by atoms with Crippen LogP contribution in [0.5, 0.6) is 0 Å². The van der Waals surface area contributed by atoms with E-state index >= 15 is 0 Å². The molecule has 0 amide bonds. The van der Waals surface area contributed by atoms with E-state index in [9.17, 15) is 0 Å². The van der Waals surface area contributed by atoms with E-state index in [1.54, 1.807) is 7.11 Å². The predicted molar refractivity (Wildman–Crippen MR) is 84.5 cm³/mol. The van der Waals surface area contributed by atoms with Crippen molar-refractivity contribution in [3.8, 4) is 0 Å². The lowest BCUT2D eigenvalue weighted by molar-refractivity contribution is 0.0710. The summed E-state index contributed by atoms with van der Waals surface area (Å²) in [6.45, 7) is 15.8. The molecule has 0 saturated heterocycles. The second-order valence-corrected chi connectivity index (χ2v) is 3.41. The van der Waals surface area contributed by atoms with E-state index in [0.717, 1.165) is 19.6 Å². The summed E-state index contributed by atoms with van der Waals surface area (Å²) in [5, 5.41) is 0. The molecule has 0 saturated carbocycles. The molecule has 0 aliphatic rings. The van der Waals surface area contributed by atoms with Crippen molar-refractivity contribution in [3.05, 3.63) is 0 Å². The lowest BCUT2D eigenvalue weighted by Gasteiger charge is -2.03. The first-order chi connectivity index (χ1) is 8.68. The van der Waals surface area contributed by atoms with Crippen LogP contribution in [0.15, 0.2) is 0 Å². The summed E-state index contributed by atoms with van der Waals surface area (Å²) >= 11 is 0. The molecule has 0 rings (SSSR count). The molecule has 0 aliphatic heterocycles. The molecule has 3 heteroatoms. The van der Waals surface area contributed by atoms with E-state index in [2.05, 4.69) is 32.8 Å². The highest BCUT2D eigenvalue weighted by Crippen LogP contribution is 1.78. The van der Waals surface area contributed by atoms with Crippen LogP contribution in [0.25, 0.3) is 0 Å². The standard InChI is InChI=1S/C6H14O2.C5H13N.2C2H6/c1-3-4-8-6-5-7-2;1-4-5-6(2)3;2*1-2/h3-6H2,1-2H3;4-5H2,1-3H3;2*1-2H3. The van der Waals surface area contributed by atoms with Crippen LogP contribution in [-0.2, 0) is 9.47 Å². The van der Waals surface area contributed by atoms with Gasteiger partial charge in [-0.25, -0.2) is 0 Å². The van der Waals surface area contributed by atoms with Crippen molar-refractivity contribution in [3.63, 3.8) is 0 Å². The topological polar surface area (TPSA) is 21.7 Å². The third kappa shape index (κ3) is 56.6. The van der Waals surface area contributed by atoms with Crippen LogP contribution < -0.4 is 0 Å². The maximum absolute atomic E-state index is 5.10. The minimum absolute atomic E-state index is 0.708. The van der Waals surface area contributed by atoms with Gasteiger partial charge in [-0.3, -0.25) is 0 Å². The minimum Gasteiger partial charge on any atom is -0.382 e. The van der Waals surface area contributed by atoms with Crippen LogP contribution in [0.3, 0.4) is 0 Å². The predicted octanol–water partition coefficient (Wildman–Crippen LogP) is 4.07. The highest BCUT2D eigenvalue weighted by molar-refractivity contribution is 4.34. The average Bonchev–Trinajstić information content (AvgIpc) is 2.40. The molecule has 0 N–H and O–H groups in total. The normalized spacial score (nSPS) is 8.33. The molecular weight excluding hydrogens is 226 g/mol. The molecular formula is C15H39NO2.